The standard InChI is InChI=1S/C11H21N3S/c1-3-4-5-6-7-8-9-12-11-13-10(2)14-15-11/h3-9H2,1-2H3,(H,12,13,14). The quantitative estimate of drug-likeness (QED) is 0.689. The number of unbranched alkanes of at least 4 members (excludes halogenated alkanes) is 5. The minimum atomic E-state index is 0.866. The third-order valence-corrected chi connectivity index (χ3v) is 3.10. The van der Waals surface area contributed by atoms with Crippen LogP contribution in [0.25, 0.3) is 0 Å². The maximum Gasteiger partial charge on any atom is 0.202 e. The Morgan fingerprint density at radius 3 is 2.53 bits per heavy atom. The molecule has 1 N–H and O–H groups in total. The zero-order chi connectivity index (χ0) is 10.9. The second-order valence-corrected chi connectivity index (χ2v) is 4.59. The molecule has 1 rings (SSSR count). The minimum absolute atomic E-state index is 0.866. The normalized spacial score (nSPS) is 10.5. The molecule has 0 bridgehead atoms. The van der Waals surface area contributed by atoms with E-state index in [2.05, 4.69) is 21.6 Å². The Morgan fingerprint density at radius 1 is 1.13 bits per heavy atom. The van der Waals surface area contributed by atoms with E-state index in [0.717, 1.165) is 17.5 Å². The predicted molar refractivity (Wildman–Crippen MR) is 66.5 cm³/mol. The Morgan fingerprint density at radius 2 is 1.87 bits per heavy atom. The van der Waals surface area contributed by atoms with E-state index in [4.69, 9.17) is 0 Å². The Hall–Kier alpha value is -0.640. The first-order valence-corrected chi connectivity index (χ1v) is 6.64. The van der Waals surface area contributed by atoms with Gasteiger partial charge in [-0.3, -0.25) is 0 Å². The van der Waals surface area contributed by atoms with E-state index in [-0.39, 0.29) is 0 Å². The topological polar surface area (TPSA) is 37.8 Å². The van der Waals surface area contributed by atoms with Gasteiger partial charge in [-0.05, 0) is 13.3 Å². The summed E-state index contributed by atoms with van der Waals surface area (Å²) in [7, 11) is 0. The summed E-state index contributed by atoms with van der Waals surface area (Å²) in [5, 5.41) is 4.26. The van der Waals surface area contributed by atoms with Crippen LogP contribution >= 0.6 is 11.5 Å². The van der Waals surface area contributed by atoms with E-state index in [1.165, 1.54) is 50.1 Å². The summed E-state index contributed by atoms with van der Waals surface area (Å²) in [5.74, 6) is 0.866. The van der Waals surface area contributed by atoms with Gasteiger partial charge in [0.05, 0.1) is 0 Å². The summed E-state index contributed by atoms with van der Waals surface area (Å²) in [6.45, 7) is 5.20. The van der Waals surface area contributed by atoms with Crippen molar-refractivity contribution in [2.75, 3.05) is 11.9 Å². The number of nitrogens with zero attached hydrogens (tertiary/aromatic N) is 2. The van der Waals surface area contributed by atoms with E-state index >= 15 is 0 Å². The van der Waals surface area contributed by atoms with Gasteiger partial charge in [-0.1, -0.05) is 39.0 Å². The molecule has 0 radical (unpaired) electrons. The van der Waals surface area contributed by atoms with Gasteiger partial charge in [0.2, 0.25) is 5.13 Å². The molecule has 0 unspecified atom stereocenters. The Bertz CT molecular complexity index is 260. The first kappa shape index (κ1) is 12.4. The van der Waals surface area contributed by atoms with Crippen molar-refractivity contribution in [2.24, 2.45) is 0 Å². The van der Waals surface area contributed by atoms with Gasteiger partial charge in [0.15, 0.2) is 0 Å². The first-order chi connectivity index (χ1) is 7.33. The molecular formula is C11H21N3S. The third kappa shape index (κ3) is 5.72. The van der Waals surface area contributed by atoms with Crippen LogP contribution in [0.5, 0.6) is 0 Å². The lowest BCUT2D eigenvalue weighted by atomic mass is 10.1. The molecule has 0 aliphatic carbocycles. The molecule has 86 valence electrons. The van der Waals surface area contributed by atoms with Gasteiger partial charge in [0.1, 0.15) is 5.82 Å². The molecule has 0 amide bonds. The van der Waals surface area contributed by atoms with Gasteiger partial charge in [0.25, 0.3) is 0 Å². The van der Waals surface area contributed by atoms with Gasteiger partial charge in [-0.15, -0.1) is 0 Å². The van der Waals surface area contributed by atoms with Gasteiger partial charge in [-0.25, -0.2) is 4.98 Å². The Kier molecular flexibility index (Phi) is 6.32. The summed E-state index contributed by atoms with van der Waals surface area (Å²) in [6.07, 6.45) is 8.01. The Labute approximate surface area is 96.5 Å². The van der Waals surface area contributed by atoms with Crippen molar-refractivity contribution in [3.8, 4) is 0 Å². The molecule has 0 saturated heterocycles. The van der Waals surface area contributed by atoms with Crippen molar-refractivity contribution in [2.45, 2.75) is 52.4 Å². The number of anilines is 1. The average Bonchev–Trinajstić information content (AvgIpc) is 2.63. The summed E-state index contributed by atoms with van der Waals surface area (Å²) < 4.78 is 4.12. The fourth-order valence-corrected chi connectivity index (χ4v) is 2.07. The molecular weight excluding hydrogens is 206 g/mol. The monoisotopic (exact) mass is 227 g/mol. The summed E-state index contributed by atoms with van der Waals surface area (Å²) in [4.78, 5) is 4.25. The highest BCUT2D eigenvalue weighted by Gasteiger charge is 1.97. The van der Waals surface area contributed by atoms with Gasteiger partial charge >= 0.3 is 0 Å². The van der Waals surface area contributed by atoms with Crippen LogP contribution < -0.4 is 5.32 Å². The van der Waals surface area contributed by atoms with Crippen molar-refractivity contribution in [1.29, 1.82) is 0 Å². The number of hydrogen-bond donors (Lipinski definition) is 1. The fraction of sp³-hybridized carbons (Fsp3) is 0.818. The second kappa shape index (κ2) is 7.63. The second-order valence-electron chi connectivity index (χ2n) is 3.84. The lowest BCUT2D eigenvalue weighted by molar-refractivity contribution is 0.617. The van der Waals surface area contributed by atoms with E-state index in [0.29, 0.717) is 0 Å². The molecule has 1 aromatic rings. The summed E-state index contributed by atoms with van der Waals surface area (Å²) in [6, 6.07) is 0. The highest BCUT2D eigenvalue weighted by atomic mass is 32.1. The predicted octanol–water partition coefficient (Wildman–Crippen LogP) is 3.62. The maximum atomic E-state index is 4.25. The molecule has 0 fully saturated rings. The SMILES string of the molecule is CCCCCCCCNc1nc(C)ns1. The molecule has 0 aliphatic rings. The van der Waals surface area contributed by atoms with E-state index in [1.807, 2.05) is 6.92 Å². The zero-order valence-corrected chi connectivity index (χ0v) is 10.6. The van der Waals surface area contributed by atoms with E-state index in [1.54, 1.807) is 0 Å². The molecule has 1 heterocycles. The van der Waals surface area contributed by atoms with Crippen molar-refractivity contribution >= 4 is 16.7 Å². The van der Waals surface area contributed by atoms with Crippen molar-refractivity contribution in [3.63, 3.8) is 0 Å². The van der Waals surface area contributed by atoms with Gasteiger partial charge < -0.3 is 5.32 Å². The van der Waals surface area contributed by atoms with Crippen LogP contribution in [-0.4, -0.2) is 15.9 Å². The van der Waals surface area contributed by atoms with Crippen LogP contribution in [0.1, 0.15) is 51.3 Å². The van der Waals surface area contributed by atoms with Crippen molar-refractivity contribution in [3.05, 3.63) is 5.82 Å². The first-order valence-electron chi connectivity index (χ1n) is 5.87. The average molecular weight is 227 g/mol. The van der Waals surface area contributed by atoms with Crippen LogP contribution in [0, 0.1) is 6.92 Å². The van der Waals surface area contributed by atoms with Crippen molar-refractivity contribution < 1.29 is 0 Å². The highest BCUT2D eigenvalue weighted by molar-refractivity contribution is 7.09. The van der Waals surface area contributed by atoms with Crippen LogP contribution in [0.2, 0.25) is 0 Å². The number of aryl methyl sites for hydroxylation is 1. The largest absolute Gasteiger partial charge is 0.360 e. The number of hydrogen-bond acceptors (Lipinski definition) is 4. The molecule has 0 atom stereocenters. The molecule has 1 aromatic heterocycles. The lowest BCUT2D eigenvalue weighted by Crippen LogP contribution is -2.00. The summed E-state index contributed by atoms with van der Waals surface area (Å²) in [5.41, 5.74) is 0. The van der Waals surface area contributed by atoms with Gasteiger partial charge in [0, 0.05) is 18.1 Å². The molecule has 4 heteroatoms. The molecule has 15 heavy (non-hydrogen) atoms. The molecule has 0 aliphatic heterocycles. The molecule has 0 saturated carbocycles. The highest BCUT2D eigenvalue weighted by Crippen LogP contribution is 2.10. The van der Waals surface area contributed by atoms with Crippen LogP contribution in [0.4, 0.5) is 5.13 Å². The molecule has 0 aromatic carbocycles. The van der Waals surface area contributed by atoms with Crippen molar-refractivity contribution in [1.82, 2.24) is 9.36 Å². The number of aromatic nitrogens is 2. The zero-order valence-electron chi connectivity index (χ0n) is 9.75. The number of nitrogens with one attached hydrogen (secondary N) is 1. The van der Waals surface area contributed by atoms with Crippen LogP contribution in [0.15, 0.2) is 0 Å². The molecule has 3 nitrogen and oxygen atoms in total. The van der Waals surface area contributed by atoms with E-state index in [9.17, 15) is 0 Å². The number of rotatable bonds is 8. The van der Waals surface area contributed by atoms with Crippen LogP contribution in [0.3, 0.4) is 0 Å². The van der Waals surface area contributed by atoms with Gasteiger partial charge in [-0.2, -0.15) is 4.37 Å². The smallest absolute Gasteiger partial charge is 0.202 e. The lowest BCUT2D eigenvalue weighted by Gasteiger charge is -2.01. The minimum Gasteiger partial charge on any atom is -0.360 e. The Balaban J connectivity index is 1.93. The molecule has 0 spiro atoms. The van der Waals surface area contributed by atoms with E-state index < -0.39 is 0 Å². The summed E-state index contributed by atoms with van der Waals surface area (Å²) >= 11 is 1.45. The van der Waals surface area contributed by atoms with Crippen LogP contribution in [-0.2, 0) is 0 Å². The maximum absolute atomic E-state index is 4.25. The fourth-order valence-electron chi connectivity index (χ4n) is 1.47. The third-order valence-electron chi connectivity index (χ3n) is 2.33.